The molecule has 0 heterocycles. The van der Waals surface area contributed by atoms with Crippen molar-refractivity contribution in [3.8, 4) is 0 Å². The SMILES string of the molecule is COCCOCCOC(=O)c1ccc(N)c(F)c1. The third-order valence-corrected chi connectivity index (χ3v) is 2.13. The lowest BCUT2D eigenvalue weighted by molar-refractivity contribution is 0.0213. The van der Waals surface area contributed by atoms with Crippen molar-refractivity contribution < 1.29 is 23.4 Å². The molecule has 0 fully saturated rings. The number of carbonyl (C=O) groups is 1. The summed E-state index contributed by atoms with van der Waals surface area (Å²) in [6.07, 6.45) is 0. The maximum Gasteiger partial charge on any atom is 0.338 e. The van der Waals surface area contributed by atoms with Gasteiger partial charge in [-0.15, -0.1) is 0 Å². The predicted molar refractivity (Wildman–Crippen MR) is 63.8 cm³/mol. The molecule has 0 saturated heterocycles. The fraction of sp³-hybridized carbons (Fsp3) is 0.417. The minimum atomic E-state index is -0.638. The first-order valence-electron chi connectivity index (χ1n) is 5.44. The number of halogens is 1. The number of esters is 1. The Labute approximate surface area is 105 Å². The molecule has 0 amide bonds. The highest BCUT2D eigenvalue weighted by Gasteiger charge is 2.09. The van der Waals surface area contributed by atoms with Crippen molar-refractivity contribution in [3.63, 3.8) is 0 Å². The maximum atomic E-state index is 13.1. The van der Waals surface area contributed by atoms with Gasteiger partial charge in [-0.25, -0.2) is 9.18 Å². The molecule has 0 spiro atoms. The lowest BCUT2D eigenvalue weighted by Crippen LogP contribution is -2.13. The van der Waals surface area contributed by atoms with Crippen LogP contribution in [0.2, 0.25) is 0 Å². The van der Waals surface area contributed by atoms with Crippen LogP contribution in [0.5, 0.6) is 0 Å². The number of ether oxygens (including phenoxy) is 3. The van der Waals surface area contributed by atoms with E-state index >= 15 is 0 Å². The van der Waals surface area contributed by atoms with Gasteiger partial charge in [0.25, 0.3) is 0 Å². The molecule has 2 N–H and O–H groups in total. The molecule has 0 atom stereocenters. The van der Waals surface area contributed by atoms with Crippen LogP contribution < -0.4 is 5.73 Å². The van der Waals surface area contributed by atoms with Crippen LogP contribution in [0, 0.1) is 5.82 Å². The van der Waals surface area contributed by atoms with E-state index in [-0.39, 0.29) is 24.5 Å². The average molecular weight is 257 g/mol. The molecule has 1 aromatic carbocycles. The van der Waals surface area contributed by atoms with Crippen LogP contribution in [0.25, 0.3) is 0 Å². The molecule has 5 nitrogen and oxygen atoms in total. The summed E-state index contributed by atoms with van der Waals surface area (Å²) in [7, 11) is 1.57. The zero-order chi connectivity index (χ0) is 13.4. The minimum absolute atomic E-state index is 0.00514. The highest BCUT2D eigenvalue weighted by atomic mass is 19.1. The number of rotatable bonds is 7. The molecule has 0 bridgehead atoms. The lowest BCUT2D eigenvalue weighted by atomic mass is 10.2. The van der Waals surface area contributed by atoms with Gasteiger partial charge >= 0.3 is 5.97 Å². The van der Waals surface area contributed by atoms with Crippen molar-refractivity contribution in [2.45, 2.75) is 0 Å². The van der Waals surface area contributed by atoms with E-state index in [1.54, 1.807) is 7.11 Å². The number of carbonyl (C=O) groups excluding carboxylic acids is 1. The zero-order valence-corrected chi connectivity index (χ0v) is 10.1. The molecule has 1 rings (SSSR count). The van der Waals surface area contributed by atoms with Gasteiger partial charge < -0.3 is 19.9 Å². The van der Waals surface area contributed by atoms with E-state index in [0.717, 1.165) is 6.07 Å². The molecule has 0 aliphatic carbocycles. The van der Waals surface area contributed by atoms with Crippen molar-refractivity contribution in [1.82, 2.24) is 0 Å². The smallest absolute Gasteiger partial charge is 0.338 e. The van der Waals surface area contributed by atoms with Crippen LogP contribution >= 0.6 is 0 Å². The molecule has 0 aromatic heterocycles. The molecule has 0 saturated carbocycles. The van der Waals surface area contributed by atoms with Crippen LogP contribution in [0.15, 0.2) is 18.2 Å². The van der Waals surface area contributed by atoms with Crippen molar-refractivity contribution in [3.05, 3.63) is 29.6 Å². The summed E-state index contributed by atoms with van der Waals surface area (Å²) in [6.45, 7) is 1.29. The van der Waals surface area contributed by atoms with Crippen LogP contribution in [0.1, 0.15) is 10.4 Å². The molecule has 100 valence electrons. The number of hydrogen-bond donors (Lipinski definition) is 1. The first-order valence-corrected chi connectivity index (χ1v) is 5.44. The van der Waals surface area contributed by atoms with Gasteiger partial charge in [-0.3, -0.25) is 0 Å². The second kappa shape index (κ2) is 7.62. The number of anilines is 1. The van der Waals surface area contributed by atoms with Crippen molar-refractivity contribution in [2.24, 2.45) is 0 Å². The summed E-state index contributed by atoms with van der Waals surface area (Å²) in [6, 6.07) is 3.77. The summed E-state index contributed by atoms with van der Waals surface area (Å²) in [5.41, 5.74) is 5.42. The van der Waals surface area contributed by atoms with E-state index in [0.29, 0.717) is 13.2 Å². The molecule has 18 heavy (non-hydrogen) atoms. The Morgan fingerprint density at radius 2 is 2.00 bits per heavy atom. The molecular weight excluding hydrogens is 241 g/mol. The summed E-state index contributed by atoms with van der Waals surface area (Å²) < 4.78 is 27.9. The third-order valence-electron chi connectivity index (χ3n) is 2.13. The van der Waals surface area contributed by atoms with Crippen LogP contribution in [0.4, 0.5) is 10.1 Å². The number of nitrogens with two attached hydrogens (primary N) is 1. The lowest BCUT2D eigenvalue weighted by Gasteiger charge is -2.06. The second-order valence-corrected chi connectivity index (χ2v) is 3.48. The van der Waals surface area contributed by atoms with E-state index in [1.807, 2.05) is 0 Å². The molecule has 6 heteroatoms. The first kappa shape index (κ1) is 14.4. The van der Waals surface area contributed by atoms with Gasteiger partial charge in [0.1, 0.15) is 12.4 Å². The third kappa shape index (κ3) is 4.68. The van der Waals surface area contributed by atoms with Crippen molar-refractivity contribution in [1.29, 1.82) is 0 Å². The molecule has 1 aromatic rings. The maximum absolute atomic E-state index is 13.1. The van der Waals surface area contributed by atoms with E-state index < -0.39 is 11.8 Å². The predicted octanol–water partition coefficient (Wildman–Crippen LogP) is 1.23. The van der Waals surface area contributed by atoms with Gasteiger partial charge in [0, 0.05) is 7.11 Å². The van der Waals surface area contributed by atoms with Gasteiger partial charge in [-0.2, -0.15) is 0 Å². The number of methoxy groups -OCH3 is 1. The second-order valence-electron chi connectivity index (χ2n) is 3.48. The number of nitrogen functional groups attached to an aromatic ring is 1. The highest BCUT2D eigenvalue weighted by molar-refractivity contribution is 5.89. The summed E-state index contributed by atoms with van der Waals surface area (Å²) in [4.78, 5) is 11.5. The minimum Gasteiger partial charge on any atom is -0.460 e. The normalized spacial score (nSPS) is 10.3. The van der Waals surface area contributed by atoms with Gasteiger partial charge in [0.05, 0.1) is 31.1 Å². The first-order chi connectivity index (χ1) is 8.65. The van der Waals surface area contributed by atoms with Gasteiger partial charge in [-0.05, 0) is 18.2 Å². The van der Waals surface area contributed by atoms with E-state index in [1.165, 1.54) is 12.1 Å². The molecular formula is C12H16FNO4. The van der Waals surface area contributed by atoms with Crippen LogP contribution in [0.3, 0.4) is 0 Å². The van der Waals surface area contributed by atoms with Crippen molar-refractivity contribution in [2.75, 3.05) is 39.3 Å². The van der Waals surface area contributed by atoms with Crippen LogP contribution in [-0.4, -0.2) is 39.5 Å². The van der Waals surface area contributed by atoms with Gasteiger partial charge in [-0.1, -0.05) is 0 Å². The quantitative estimate of drug-likeness (QED) is 0.452. The fourth-order valence-corrected chi connectivity index (χ4v) is 1.18. The topological polar surface area (TPSA) is 70.8 Å². The number of hydrogen-bond acceptors (Lipinski definition) is 5. The van der Waals surface area contributed by atoms with Gasteiger partial charge in [0.2, 0.25) is 0 Å². The summed E-state index contributed by atoms with van der Waals surface area (Å²) in [5, 5.41) is 0. The largest absolute Gasteiger partial charge is 0.460 e. The zero-order valence-electron chi connectivity index (χ0n) is 10.1. The fourth-order valence-electron chi connectivity index (χ4n) is 1.18. The Bertz CT molecular complexity index is 398. The van der Waals surface area contributed by atoms with Crippen LogP contribution in [-0.2, 0) is 14.2 Å². The molecule has 0 unspecified atom stereocenters. The Balaban J connectivity index is 2.30. The number of benzene rings is 1. The van der Waals surface area contributed by atoms with E-state index in [2.05, 4.69) is 0 Å². The Hall–Kier alpha value is -1.66. The van der Waals surface area contributed by atoms with Crippen molar-refractivity contribution >= 4 is 11.7 Å². The van der Waals surface area contributed by atoms with Gasteiger partial charge in [0.15, 0.2) is 0 Å². The summed E-state index contributed by atoms with van der Waals surface area (Å²) >= 11 is 0. The Kier molecular flexibility index (Phi) is 6.10. The Morgan fingerprint density at radius 1 is 1.28 bits per heavy atom. The average Bonchev–Trinajstić information content (AvgIpc) is 2.36. The van der Waals surface area contributed by atoms with E-state index in [4.69, 9.17) is 19.9 Å². The monoisotopic (exact) mass is 257 g/mol. The molecule has 0 aliphatic rings. The van der Waals surface area contributed by atoms with E-state index in [9.17, 15) is 9.18 Å². The highest BCUT2D eigenvalue weighted by Crippen LogP contribution is 2.12. The summed E-state index contributed by atoms with van der Waals surface area (Å²) in [5.74, 6) is -1.25. The standard InChI is InChI=1S/C12H16FNO4/c1-16-4-5-17-6-7-18-12(15)9-2-3-11(14)10(13)8-9/h2-3,8H,4-7,14H2,1H3. The molecule has 0 radical (unpaired) electrons. The Morgan fingerprint density at radius 3 is 2.67 bits per heavy atom. The molecule has 0 aliphatic heterocycles.